The van der Waals surface area contributed by atoms with Gasteiger partial charge in [0, 0.05) is 12.1 Å². The van der Waals surface area contributed by atoms with E-state index in [0.29, 0.717) is 25.8 Å². The van der Waals surface area contributed by atoms with E-state index >= 15 is 0 Å². The molecule has 5 nitrogen and oxygen atoms in total. The van der Waals surface area contributed by atoms with E-state index in [1.807, 2.05) is 30.3 Å². The molecule has 1 aliphatic carbocycles. The largest absolute Gasteiger partial charge is 0.481 e. The fourth-order valence-electron chi connectivity index (χ4n) is 3.86. The summed E-state index contributed by atoms with van der Waals surface area (Å²) in [6.07, 6.45) is 3.95. The molecule has 1 heterocycles. The lowest BCUT2D eigenvalue weighted by Gasteiger charge is -2.53. The third-order valence-corrected chi connectivity index (χ3v) is 7.26. The minimum atomic E-state index is -3.36. The number of nitrogens with zero attached hydrogens (tertiary/aromatic N) is 1. The molecule has 1 saturated carbocycles. The van der Waals surface area contributed by atoms with Gasteiger partial charge in [-0.05, 0) is 44.1 Å². The van der Waals surface area contributed by atoms with E-state index in [2.05, 4.69) is 0 Å². The predicted molar refractivity (Wildman–Crippen MR) is 87.6 cm³/mol. The summed E-state index contributed by atoms with van der Waals surface area (Å²) in [5.74, 6) is -1.11. The molecule has 0 radical (unpaired) electrons. The van der Waals surface area contributed by atoms with Crippen molar-refractivity contribution in [3.05, 3.63) is 35.9 Å². The zero-order chi connectivity index (χ0) is 16.5. The van der Waals surface area contributed by atoms with E-state index in [0.717, 1.165) is 24.8 Å². The fraction of sp³-hybridized carbons (Fsp3) is 0.588. The number of aliphatic carboxylic acids is 1. The molecular formula is C17H23NO4S. The second-order valence-electron chi connectivity index (χ2n) is 6.73. The van der Waals surface area contributed by atoms with Crippen LogP contribution in [0.3, 0.4) is 0 Å². The smallest absolute Gasteiger partial charge is 0.306 e. The number of carboxylic acid groups (broad SMARTS) is 1. The lowest BCUT2D eigenvalue weighted by Crippen LogP contribution is -2.61. The van der Waals surface area contributed by atoms with Gasteiger partial charge in [0.15, 0.2) is 0 Å². The summed E-state index contributed by atoms with van der Waals surface area (Å²) >= 11 is 0. The number of carboxylic acids is 1. The van der Waals surface area contributed by atoms with Crippen LogP contribution in [-0.2, 0) is 21.2 Å². The molecule has 3 rings (SSSR count). The van der Waals surface area contributed by atoms with Crippen molar-refractivity contribution in [1.29, 1.82) is 0 Å². The summed E-state index contributed by atoms with van der Waals surface area (Å²) in [5.41, 5.74) is 0.579. The van der Waals surface area contributed by atoms with E-state index in [9.17, 15) is 18.3 Å². The van der Waals surface area contributed by atoms with Gasteiger partial charge in [0.2, 0.25) is 10.0 Å². The molecule has 23 heavy (non-hydrogen) atoms. The Balaban J connectivity index is 1.72. The first-order valence-corrected chi connectivity index (χ1v) is 9.81. The molecule has 1 spiro atoms. The van der Waals surface area contributed by atoms with Crippen LogP contribution in [0.5, 0.6) is 0 Å². The van der Waals surface area contributed by atoms with Crippen molar-refractivity contribution in [2.45, 2.75) is 44.1 Å². The van der Waals surface area contributed by atoms with Crippen molar-refractivity contribution in [3.8, 4) is 0 Å². The minimum Gasteiger partial charge on any atom is -0.481 e. The van der Waals surface area contributed by atoms with E-state index in [-0.39, 0.29) is 5.75 Å². The number of carbonyl (C=O) groups is 1. The first-order valence-electron chi connectivity index (χ1n) is 8.20. The lowest BCUT2D eigenvalue weighted by molar-refractivity contribution is -0.146. The van der Waals surface area contributed by atoms with Gasteiger partial charge < -0.3 is 5.11 Å². The summed E-state index contributed by atoms with van der Waals surface area (Å²) in [7, 11) is -3.36. The number of piperidine rings is 1. The molecule has 1 N–H and O–H groups in total. The van der Waals surface area contributed by atoms with Gasteiger partial charge in [0.25, 0.3) is 0 Å². The van der Waals surface area contributed by atoms with Crippen molar-refractivity contribution in [1.82, 2.24) is 4.31 Å². The van der Waals surface area contributed by atoms with Crippen LogP contribution in [0.15, 0.2) is 30.3 Å². The Morgan fingerprint density at radius 3 is 2.52 bits per heavy atom. The molecule has 2 aliphatic rings. The highest BCUT2D eigenvalue weighted by Gasteiger charge is 2.52. The third-order valence-electron chi connectivity index (χ3n) is 5.30. The number of hydrogen-bond acceptors (Lipinski definition) is 3. The molecule has 1 saturated heterocycles. The summed E-state index contributed by atoms with van der Waals surface area (Å²) < 4.78 is 27.3. The standard InChI is InChI=1S/C17H23NO4S/c19-16(20)15-7-11-18(17(13-15)9-4-10-17)23(21,22)12-8-14-5-2-1-3-6-14/h1-3,5-6,15H,4,7-13H2,(H,19,20). The molecule has 0 amide bonds. The Morgan fingerprint density at radius 1 is 1.26 bits per heavy atom. The van der Waals surface area contributed by atoms with E-state index < -0.39 is 27.4 Å². The van der Waals surface area contributed by atoms with Crippen LogP contribution in [0.4, 0.5) is 0 Å². The van der Waals surface area contributed by atoms with Gasteiger partial charge in [-0.2, -0.15) is 4.31 Å². The van der Waals surface area contributed by atoms with E-state index in [1.54, 1.807) is 4.31 Å². The van der Waals surface area contributed by atoms with Gasteiger partial charge in [-0.3, -0.25) is 4.79 Å². The number of benzene rings is 1. The zero-order valence-electron chi connectivity index (χ0n) is 13.1. The first kappa shape index (κ1) is 16.5. The van der Waals surface area contributed by atoms with Crippen molar-refractivity contribution in [2.75, 3.05) is 12.3 Å². The van der Waals surface area contributed by atoms with Crippen LogP contribution in [0.25, 0.3) is 0 Å². The summed E-state index contributed by atoms with van der Waals surface area (Å²) in [6.45, 7) is 0.341. The molecule has 1 aliphatic heterocycles. The maximum Gasteiger partial charge on any atom is 0.306 e. The first-order chi connectivity index (χ1) is 10.9. The zero-order valence-corrected chi connectivity index (χ0v) is 14.0. The molecule has 0 aromatic heterocycles. The molecule has 1 unspecified atom stereocenters. The number of rotatable bonds is 5. The Morgan fingerprint density at radius 2 is 1.96 bits per heavy atom. The van der Waals surface area contributed by atoms with Crippen LogP contribution in [0.2, 0.25) is 0 Å². The monoisotopic (exact) mass is 337 g/mol. The molecule has 1 atom stereocenters. The normalized spacial score (nSPS) is 24.3. The van der Waals surface area contributed by atoms with Crippen LogP contribution >= 0.6 is 0 Å². The highest BCUT2D eigenvalue weighted by Crippen LogP contribution is 2.47. The van der Waals surface area contributed by atoms with E-state index in [1.165, 1.54) is 0 Å². The van der Waals surface area contributed by atoms with Crippen molar-refractivity contribution >= 4 is 16.0 Å². The lowest BCUT2D eigenvalue weighted by atomic mass is 9.68. The van der Waals surface area contributed by atoms with Crippen molar-refractivity contribution in [3.63, 3.8) is 0 Å². The molecule has 2 fully saturated rings. The highest BCUT2D eigenvalue weighted by molar-refractivity contribution is 7.89. The van der Waals surface area contributed by atoms with Crippen LogP contribution in [-0.4, -0.2) is 41.6 Å². The Labute approximate surface area is 137 Å². The second kappa shape index (κ2) is 6.24. The average molecular weight is 337 g/mol. The Hall–Kier alpha value is -1.40. The maximum atomic E-state index is 12.8. The highest BCUT2D eigenvalue weighted by atomic mass is 32.2. The fourth-order valence-corrected chi connectivity index (χ4v) is 5.80. The number of hydrogen-bond donors (Lipinski definition) is 1. The summed E-state index contributed by atoms with van der Waals surface area (Å²) in [5, 5.41) is 9.26. The summed E-state index contributed by atoms with van der Waals surface area (Å²) in [4.78, 5) is 11.3. The molecular weight excluding hydrogens is 314 g/mol. The SMILES string of the molecule is O=C(O)C1CCN(S(=O)(=O)CCc2ccccc2)C2(CCC2)C1. The van der Waals surface area contributed by atoms with Crippen molar-refractivity contribution in [2.24, 2.45) is 5.92 Å². The second-order valence-corrected chi connectivity index (χ2v) is 8.74. The number of sulfonamides is 1. The van der Waals surface area contributed by atoms with Crippen molar-refractivity contribution < 1.29 is 18.3 Å². The average Bonchev–Trinajstić information content (AvgIpc) is 2.52. The van der Waals surface area contributed by atoms with E-state index in [4.69, 9.17) is 0 Å². The van der Waals surface area contributed by atoms with Gasteiger partial charge in [-0.25, -0.2) is 8.42 Å². The predicted octanol–water partition coefficient (Wildman–Crippen LogP) is 2.28. The van der Waals surface area contributed by atoms with Gasteiger partial charge in [-0.1, -0.05) is 30.3 Å². The van der Waals surface area contributed by atoms with Crippen LogP contribution in [0.1, 0.15) is 37.7 Å². The molecule has 1 aromatic carbocycles. The Kier molecular flexibility index (Phi) is 4.47. The number of aryl methyl sites for hydroxylation is 1. The maximum absolute atomic E-state index is 12.8. The quantitative estimate of drug-likeness (QED) is 0.894. The van der Waals surface area contributed by atoms with Gasteiger partial charge >= 0.3 is 5.97 Å². The van der Waals surface area contributed by atoms with Crippen LogP contribution < -0.4 is 0 Å². The minimum absolute atomic E-state index is 0.0938. The molecule has 126 valence electrons. The van der Waals surface area contributed by atoms with Crippen LogP contribution in [0, 0.1) is 5.92 Å². The van der Waals surface area contributed by atoms with Gasteiger partial charge in [0.1, 0.15) is 0 Å². The van der Waals surface area contributed by atoms with Gasteiger partial charge in [0.05, 0.1) is 11.7 Å². The molecule has 1 aromatic rings. The summed E-state index contributed by atoms with van der Waals surface area (Å²) in [6, 6.07) is 9.61. The third kappa shape index (κ3) is 3.28. The van der Waals surface area contributed by atoms with Gasteiger partial charge in [-0.15, -0.1) is 0 Å². The Bertz CT molecular complexity index is 667. The molecule has 6 heteroatoms. The molecule has 0 bridgehead atoms. The topological polar surface area (TPSA) is 74.7 Å².